The lowest BCUT2D eigenvalue weighted by Gasteiger charge is -2.14. The first kappa shape index (κ1) is 20.7. The molecule has 0 aliphatic heterocycles. The van der Waals surface area contributed by atoms with E-state index in [4.69, 9.17) is 9.47 Å². The maximum Gasteiger partial charge on any atom is 0.255 e. The Balaban J connectivity index is 2.21. The van der Waals surface area contributed by atoms with Gasteiger partial charge in [0.05, 0.1) is 24.3 Å². The van der Waals surface area contributed by atoms with Gasteiger partial charge in [0.15, 0.2) is 0 Å². The number of anilines is 1. The van der Waals surface area contributed by atoms with Gasteiger partial charge in [0, 0.05) is 11.6 Å². The molecular weight excluding hydrogens is 368 g/mol. The standard InChI is InChI=1S/C19H24N2O5S/c1-4-5-12-26-18-11-8-15(25-3)13-17(18)21-19(22)14-6-9-16(10-7-14)27(23,24)20-2/h6-11,13,20H,4-5,12H2,1-3H3,(H,21,22). The van der Waals surface area contributed by atoms with Crippen molar-refractivity contribution in [3.05, 3.63) is 48.0 Å². The first-order valence-corrected chi connectivity index (χ1v) is 10.1. The second-order valence-corrected chi connectivity index (χ2v) is 7.64. The molecule has 1 amide bonds. The molecule has 27 heavy (non-hydrogen) atoms. The van der Waals surface area contributed by atoms with E-state index < -0.39 is 10.0 Å². The average Bonchev–Trinajstić information content (AvgIpc) is 2.69. The zero-order valence-electron chi connectivity index (χ0n) is 15.6. The quantitative estimate of drug-likeness (QED) is 0.640. The van der Waals surface area contributed by atoms with E-state index in [1.54, 1.807) is 25.3 Å². The first-order valence-electron chi connectivity index (χ1n) is 8.57. The molecule has 0 radical (unpaired) electrons. The van der Waals surface area contributed by atoms with E-state index in [-0.39, 0.29) is 10.8 Å². The second-order valence-electron chi connectivity index (χ2n) is 5.75. The number of hydrogen-bond donors (Lipinski definition) is 2. The normalized spacial score (nSPS) is 11.1. The number of sulfonamides is 1. The van der Waals surface area contributed by atoms with Crippen LogP contribution >= 0.6 is 0 Å². The van der Waals surface area contributed by atoms with Gasteiger partial charge in [-0.2, -0.15) is 0 Å². The summed E-state index contributed by atoms with van der Waals surface area (Å²) in [6, 6.07) is 10.9. The van der Waals surface area contributed by atoms with Crippen molar-refractivity contribution in [3.8, 4) is 11.5 Å². The van der Waals surface area contributed by atoms with Crippen LogP contribution in [0.3, 0.4) is 0 Å². The monoisotopic (exact) mass is 392 g/mol. The molecule has 7 nitrogen and oxygen atoms in total. The van der Waals surface area contributed by atoms with Crippen molar-refractivity contribution < 1.29 is 22.7 Å². The highest BCUT2D eigenvalue weighted by Gasteiger charge is 2.14. The minimum absolute atomic E-state index is 0.0894. The summed E-state index contributed by atoms with van der Waals surface area (Å²) in [7, 11) is -0.673. The van der Waals surface area contributed by atoms with Crippen molar-refractivity contribution in [1.82, 2.24) is 4.72 Å². The summed E-state index contributed by atoms with van der Waals surface area (Å²) in [4.78, 5) is 12.6. The first-order chi connectivity index (χ1) is 12.9. The predicted octanol–water partition coefficient (Wildman–Crippen LogP) is 3.03. The fourth-order valence-electron chi connectivity index (χ4n) is 2.28. The molecule has 2 rings (SSSR count). The minimum Gasteiger partial charge on any atom is -0.497 e. The van der Waals surface area contributed by atoms with Crippen LogP contribution in [0.25, 0.3) is 0 Å². The van der Waals surface area contributed by atoms with E-state index in [9.17, 15) is 13.2 Å². The molecule has 2 aromatic rings. The molecule has 0 fully saturated rings. The van der Waals surface area contributed by atoms with Crippen molar-refractivity contribution in [1.29, 1.82) is 0 Å². The van der Waals surface area contributed by atoms with Gasteiger partial charge in [-0.15, -0.1) is 0 Å². The highest BCUT2D eigenvalue weighted by molar-refractivity contribution is 7.89. The molecule has 0 aliphatic rings. The Bertz CT molecular complexity index is 879. The van der Waals surface area contributed by atoms with E-state index in [1.807, 2.05) is 0 Å². The average molecular weight is 392 g/mol. The van der Waals surface area contributed by atoms with Gasteiger partial charge in [0.25, 0.3) is 5.91 Å². The Kier molecular flexibility index (Phi) is 7.20. The molecule has 0 aliphatic carbocycles. The summed E-state index contributed by atoms with van der Waals surface area (Å²) in [6.07, 6.45) is 1.90. The van der Waals surface area contributed by atoms with Crippen LogP contribution in [0, 0.1) is 0 Å². The summed E-state index contributed by atoms with van der Waals surface area (Å²) in [5, 5.41) is 2.79. The van der Waals surface area contributed by atoms with Crippen molar-refractivity contribution in [2.75, 3.05) is 26.1 Å². The molecule has 0 heterocycles. The summed E-state index contributed by atoms with van der Waals surface area (Å²) in [6.45, 7) is 2.61. The van der Waals surface area contributed by atoms with Gasteiger partial charge in [-0.05, 0) is 49.9 Å². The molecule has 0 spiro atoms. The van der Waals surface area contributed by atoms with Crippen LogP contribution in [0.1, 0.15) is 30.1 Å². The van der Waals surface area contributed by atoms with Crippen LogP contribution in [0.5, 0.6) is 11.5 Å². The van der Waals surface area contributed by atoms with Gasteiger partial charge >= 0.3 is 0 Å². The second kappa shape index (κ2) is 9.38. The van der Waals surface area contributed by atoms with Crippen LogP contribution < -0.4 is 19.5 Å². The Morgan fingerprint density at radius 2 is 1.81 bits per heavy atom. The van der Waals surface area contributed by atoms with Gasteiger partial charge in [-0.3, -0.25) is 4.79 Å². The molecule has 0 atom stereocenters. The fourth-order valence-corrected chi connectivity index (χ4v) is 3.01. The summed E-state index contributed by atoms with van der Waals surface area (Å²) in [5.41, 5.74) is 0.815. The van der Waals surface area contributed by atoms with E-state index in [0.717, 1.165) is 12.8 Å². The molecule has 2 N–H and O–H groups in total. The van der Waals surface area contributed by atoms with Gasteiger partial charge < -0.3 is 14.8 Å². The number of carbonyl (C=O) groups excluding carboxylic acids is 1. The van der Waals surface area contributed by atoms with Gasteiger partial charge in [0.2, 0.25) is 10.0 Å². The zero-order chi connectivity index (χ0) is 19.9. The van der Waals surface area contributed by atoms with E-state index in [0.29, 0.717) is 29.4 Å². The fraction of sp³-hybridized carbons (Fsp3) is 0.316. The third kappa shape index (κ3) is 5.45. The van der Waals surface area contributed by atoms with Crippen molar-refractivity contribution in [2.24, 2.45) is 0 Å². The molecule has 0 aromatic heterocycles. The maximum absolute atomic E-state index is 12.6. The zero-order valence-corrected chi connectivity index (χ0v) is 16.4. The van der Waals surface area contributed by atoms with Crippen LogP contribution in [0.15, 0.2) is 47.4 Å². The molecule has 0 saturated heterocycles. The maximum atomic E-state index is 12.6. The van der Waals surface area contributed by atoms with Crippen LogP contribution in [0.4, 0.5) is 5.69 Å². The van der Waals surface area contributed by atoms with Crippen LogP contribution in [-0.2, 0) is 10.0 Å². The summed E-state index contributed by atoms with van der Waals surface area (Å²) in [5.74, 6) is 0.757. The Morgan fingerprint density at radius 3 is 2.41 bits per heavy atom. The van der Waals surface area contributed by atoms with Crippen molar-refractivity contribution in [3.63, 3.8) is 0 Å². The van der Waals surface area contributed by atoms with E-state index >= 15 is 0 Å². The molecule has 8 heteroatoms. The third-order valence-corrected chi connectivity index (χ3v) is 5.32. The summed E-state index contributed by atoms with van der Waals surface area (Å²) >= 11 is 0. The highest BCUT2D eigenvalue weighted by Crippen LogP contribution is 2.30. The number of ether oxygens (including phenoxy) is 2. The number of nitrogens with one attached hydrogen (secondary N) is 2. The summed E-state index contributed by atoms with van der Waals surface area (Å²) < 4.78 is 36.7. The topological polar surface area (TPSA) is 93.7 Å². The smallest absolute Gasteiger partial charge is 0.255 e. The molecular formula is C19H24N2O5S. The lowest BCUT2D eigenvalue weighted by atomic mass is 10.2. The minimum atomic E-state index is -3.55. The predicted molar refractivity (Wildman–Crippen MR) is 104 cm³/mol. The third-order valence-electron chi connectivity index (χ3n) is 3.89. The Labute approximate surface area is 159 Å². The Hall–Kier alpha value is -2.58. The number of unbranched alkanes of at least 4 members (excludes halogenated alkanes) is 1. The Morgan fingerprint density at radius 1 is 1.11 bits per heavy atom. The molecule has 0 unspecified atom stereocenters. The highest BCUT2D eigenvalue weighted by atomic mass is 32.2. The largest absolute Gasteiger partial charge is 0.497 e. The van der Waals surface area contributed by atoms with Gasteiger partial charge in [-0.25, -0.2) is 13.1 Å². The molecule has 0 saturated carbocycles. The van der Waals surface area contributed by atoms with Gasteiger partial charge in [0.1, 0.15) is 11.5 Å². The number of methoxy groups -OCH3 is 1. The lowest BCUT2D eigenvalue weighted by Crippen LogP contribution is -2.19. The number of hydrogen-bond acceptors (Lipinski definition) is 5. The van der Waals surface area contributed by atoms with E-state index in [2.05, 4.69) is 17.0 Å². The number of rotatable bonds is 9. The van der Waals surface area contributed by atoms with Crippen LogP contribution in [0.2, 0.25) is 0 Å². The molecule has 2 aromatic carbocycles. The molecule has 0 bridgehead atoms. The van der Waals surface area contributed by atoms with Crippen molar-refractivity contribution >= 4 is 21.6 Å². The number of benzene rings is 2. The van der Waals surface area contributed by atoms with Crippen LogP contribution in [-0.4, -0.2) is 35.1 Å². The lowest BCUT2D eigenvalue weighted by molar-refractivity contribution is 0.102. The van der Waals surface area contributed by atoms with Crippen molar-refractivity contribution in [2.45, 2.75) is 24.7 Å². The van der Waals surface area contributed by atoms with E-state index in [1.165, 1.54) is 31.3 Å². The number of amides is 1. The molecule has 146 valence electrons. The number of carbonyl (C=O) groups is 1. The SMILES string of the molecule is CCCCOc1ccc(OC)cc1NC(=O)c1ccc(S(=O)(=O)NC)cc1. The van der Waals surface area contributed by atoms with Gasteiger partial charge in [-0.1, -0.05) is 13.3 Å².